The molecule has 0 aliphatic rings. The molecule has 0 bridgehead atoms. The smallest absolute Gasteiger partial charge is 0.192 e. The molecule has 5 nitrogen and oxygen atoms in total. The average molecular weight is 430 g/mol. The summed E-state index contributed by atoms with van der Waals surface area (Å²) in [7, 11) is 0. The average Bonchev–Trinajstić information content (AvgIpc) is 3.40. The number of rotatable bonds is 3. The van der Waals surface area contributed by atoms with E-state index in [1.165, 1.54) is 11.1 Å². The zero-order valence-electron chi connectivity index (χ0n) is 18.5. The van der Waals surface area contributed by atoms with Crippen LogP contribution in [-0.2, 0) is 0 Å². The first-order valence-electron chi connectivity index (χ1n) is 10.6. The van der Waals surface area contributed by atoms with Crippen LogP contribution in [0.4, 0.5) is 0 Å². The minimum atomic E-state index is 0.617. The van der Waals surface area contributed by atoms with E-state index < -0.39 is 0 Å². The lowest BCUT2D eigenvalue weighted by Crippen LogP contribution is -1.87. The van der Waals surface area contributed by atoms with Crippen molar-refractivity contribution in [3.05, 3.63) is 114 Å². The monoisotopic (exact) mass is 429 g/mol. The second kappa shape index (κ2) is 10.2. The van der Waals surface area contributed by atoms with Crippen LogP contribution in [0.2, 0.25) is 0 Å². The Morgan fingerprint density at radius 1 is 0.636 bits per heavy atom. The van der Waals surface area contributed by atoms with Crippen molar-refractivity contribution in [1.29, 1.82) is 5.26 Å². The minimum absolute atomic E-state index is 0.617. The molecule has 5 heteroatoms. The van der Waals surface area contributed by atoms with Gasteiger partial charge in [-0.25, -0.2) is 0 Å². The first-order valence-corrected chi connectivity index (χ1v) is 10.6. The largest absolute Gasteiger partial charge is 0.205 e. The lowest BCUT2D eigenvalue weighted by atomic mass is 9.98. The molecule has 0 spiro atoms. The molecule has 160 valence electrons. The number of tetrazole rings is 1. The van der Waals surface area contributed by atoms with Crippen molar-refractivity contribution in [3.63, 3.8) is 0 Å². The maximum absolute atomic E-state index is 8.98. The molecule has 4 aromatic carbocycles. The van der Waals surface area contributed by atoms with Gasteiger partial charge in [0, 0.05) is 5.56 Å². The molecule has 1 N–H and O–H groups in total. The summed E-state index contributed by atoms with van der Waals surface area (Å²) >= 11 is 0. The third-order valence-corrected chi connectivity index (χ3v) is 5.29. The topological polar surface area (TPSA) is 78.2 Å². The summed E-state index contributed by atoms with van der Waals surface area (Å²) in [5.41, 5.74) is 8.54. The fourth-order valence-electron chi connectivity index (χ4n) is 3.50. The number of hydrogen-bond donors (Lipinski definition) is 1. The Balaban J connectivity index is 0.000000160. The highest BCUT2D eigenvalue weighted by atomic mass is 15.5. The van der Waals surface area contributed by atoms with Gasteiger partial charge in [0.2, 0.25) is 5.82 Å². The number of aromatic nitrogens is 4. The van der Waals surface area contributed by atoms with Gasteiger partial charge >= 0.3 is 0 Å². The Bertz CT molecular complexity index is 1360. The molecular formula is C28H23N5. The normalized spacial score (nSPS) is 10.1. The van der Waals surface area contributed by atoms with Gasteiger partial charge in [0.1, 0.15) is 0 Å². The Labute approximate surface area is 193 Å². The minimum Gasteiger partial charge on any atom is -0.192 e. The van der Waals surface area contributed by atoms with Crippen molar-refractivity contribution in [2.75, 3.05) is 0 Å². The molecule has 33 heavy (non-hydrogen) atoms. The molecule has 0 saturated carbocycles. The predicted molar refractivity (Wildman–Crippen MR) is 131 cm³/mol. The summed E-state index contributed by atoms with van der Waals surface area (Å²) < 4.78 is 0. The SMILES string of the molecule is Cc1ccc(-c2ccccc2-c2nn[nH]n2)cc1.Cc1ccc(-c2ccccc2C#N)cc1. The Morgan fingerprint density at radius 3 is 1.70 bits per heavy atom. The number of nitrogens with one attached hydrogen (secondary N) is 1. The van der Waals surface area contributed by atoms with Crippen molar-refractivity contribution in [2.45, 2.75) is 13.8 Å². The van der Waals surface area contributed by atoms with Crippen LogP contribution in [0.25, 0.3) is 33.6 Å². The summed E-state index contributed by atoms with van der Waals surface area (Å²) in [6.45, 7) is 4.13. The van der Waals surface area contributed by atoms with Gasteiger partial charge in [-0.2, -0.15) is 10.5 Å². The lowest BCUT2D eigenvalue weighted by molar-refractivity contribution is 0.881. The van der Waals surface area contributed by atoms with Gasteiger partial charge in [0.25, 0.3) is 0 Å². The first kappa shape index (κ1) is 21.7. The maximum Gasteiger partial charge on any atom is 0.205 e. The van der Waals surface area contributed by atoms with Crippen molar-refractivity contribution < 1.29 is 0 Å². The van der Waals surface area contributed by atoms with E-state index in [0.717, 1.165) is 33.4 Å². The van der Waals surface area contributed by atoms with E-state index in [2.05, 4.69) is 83.0 Å². The van der Waals surface area contributed by atoms with Gasteiger partial charge in [0.15, 0.2) is 0 Å². The molecule has 0 unspecified atom stereocenters. The molecule has 5 rings (SSSR count). The van der Waals surface area contributed by atoms with Gasteiger partial charge in [0.05, 0.1) is 11.6 Å². The Hall–Kier alpha value is -4.56. The fourth-order valence-corrected chi connectivity index (χ4v) is 3.50. The molecule has 5 aromatic rings. The summed E-state index contributed by atoms with van der Waals surface area (Å²) in [4.78, 5) is 0. The van der Waals surface area contributed by atoms with Crippen molar-refractivity contribution in [3.8, 4) is 39.7 Å². The van der Waals surface area contributed by atoms with Crippen molar-refractivity contribution in [1.82, 2.24) is 20.6 Å². The van der Waals surface area contributed by atoms with Crippen LogP contribution in [0.1, 0.15) is 16.7 Å². The highest BCUT2D eigenvalue weighted by Gasteiger charge is 2.09. The van der Waals surface area contributed by atoms with Gasteiger partial charge in [-0.1, -0.05) is 102 Å². The fraction of sp³-hybridized carbons (Fsp3) is 0.0714. The lowest BCUT2D eigenvalue weighted by Gasteiger charge is -2.06. The first-order chi connectivity index (χ1) is 16.2. The number of nitriles is 1. The molecule has 0 amide bonds. The molecular weight excluding hydrogens is 406 g/mol. The zero-order valence-corrected chi connectivity index (χ0v) is 18.5. The Morgan fingerprint density at radius 2 is 1.15 bits per heavy atom. The highest BCUT2D eigenvalue weighted by Crippen LogP contribution is 2.29. The number of hydrogen-bond acceptors (Lipinski definition) is 4. The van der Waals surface area contributed by atoms with E-state index in [-0.39, 0.29) is 0 Å². The summed E-state index contributed by atoms with van der Waals surface area (Å²) in [5.74, 6) is 0.617. The van der Waals surface area contributed by atoms with E-state index >= 15 is 0 Å². The summed E-state index contributed by atoms with van der Waals surface area (Å²) in [6.07, 6.45) is 0. The number of nitrogens with zero attached hydrogens (tertiary/aromatic N) is 4. The number of H-pyrrole nitrogens is 1. The van der Waals surface area contributed by atoms with Crippen LogP contribution in [0, 0.1) is 25.2 Å². The maximum atomic E-state index is 8.98. The second-order valence-corrected chi connectivity index (χ2v) is 7.67. The van der Waals surface area contributed by atoms with Crippen LogP contribution in [0.5, 0.6) is 0 Å². The van der Waals surface area contributed by atoms with Gasteiger partial charge in [-0.05, 0) is 47.4 Å². The van der Waals surface area contributed by atoms with Crippen LogP contribution in [-0.4, -0.2) is 20.6 Å². The van der Waals surface area contributed by atoms with E-state index in [4.69, 9.17) is 5.26 Å². The van der Waals surface area contributed by atoms with Gasteiger partial charge < -0.3 is 0 Å². The van der Waals surface area contributed by atoms with Crippen LogP contribution < -0.4 is 0 Å². The second-order valence-electron chi connectivity index (χ2n) is 7.67. The highest BCUT2D eigenvalue weighted by molar-refractivity contribution is 5.80. The number of benzene rings is 4. The quantitative estimate of drug-likeness (QED) is 0.361. The predicted octanol–water partition coefficient (Wildman–Crippen LogP) is 6.38. The van der Waals surface area contributed by atoms with E-state index in [1.54, 1.807) is 0 Å². The van der Waals surface area contributed by atoms with E-state index in [0.29, 0.717) is 5.82 Å². The number of aryl methyl sites for hydroxylation is 2. The number of aromatic amines is 1. The molecule has 0 saturated heterocycles. The van der Waals surface area contributed by atoms with E-state index in [9.17, 15) is 0 Å². The summed E-state index contributed by atoms with van der Waals surface area (Å²) in [6, 6.07) is 34.5. The standard InChI is InChI=1S/C14H12N4.C14H11N/c1-10-6-8-11(9-7-10)12-4-2-3-5-13(12)14-15-17-18-16-14;1-11-6-8-12(9-7-11)14-5-3-2-4-13(14)10-15/h2-9H,1H3,(H,15,16,17,18);2-9H,1H3. The third kappa shape index (κ3) is 5.20. The van der Waals surface area contributed by atoms with Crippen LogP contribution in [0.3, 0.4) is 0 Å². The zero-order chi connectivity index (χ0) is 23.0. The molecule has 0 fully saturated rings. The molecule has 0 atom stereocenters. The molecule has 0 aliphatic heterocycles. The molecule has 0 radical (unpaired) electrons. The van der Waals surface area contributed by atoms with Crippen molar-refractivity contribution in [2.24, 2.45) is 0 Å². The van der Waals surface area contributed by atoms with Crippen LogP contribution in [0.15, 0.2) is 97.1 Å². The van der Waals surface area contributed by atoms with Crippen molar-refractivity contribution >= 4 is 0 Å². The molecule has 0 aliphatic carbocycles. The van der Waals surface area contributed by atoms with E-state index in [1.807, 2.05) is 54.6 Å². The van der Waals surface area contributed by atoms with Gasteiger partial charge in [-0.3, -0.25) is 0 Å². The van der Waals surface area contributed by atoms with Gasteiger partial charge in [-0.15, -0.1) is 10.2 Å². The third-order valence-electron chi connectivity index (χ3n) is 5.29. The molecule has 1 aromatic heterocycles. The molecule has 1 heterocycles. The summed E-state index contributed by atoms with van der Waals surface area (Å²) in [5, 5.41) is 23.2. The van der Waals surface area contributed by atoms with Crippen LogP contribution >= 0.6 is 0 Å². The Kier molecular flexibility index (Phi) is 6.67.